The Bertz CT molecular complexity index is 488. The van der Waals surface area contributed by atoms with E-state index >= 15 is 0 Å². The summed E-state index contributed by atoms with van der Waals surface area (Å²) in [4.78, 5) is 12.1. The Morgan fingerprint density at radius 3 is 2.70 bits per heavy atom. The van der Waals surface area contributed by atoms with Gasteiger partial charge in [0, 0.05) is 24.1 Å². The molecule has 0 spiro atoms. The van der Waals surface area contributed by atoms with Crippen LogP contribution in [0, 0.1) is 0 Å². The molecule has 2 unspecified atom stereocenters. The molecule has 3 nitrogen and oxygen atoms in total. The number of ether oxygens (including phenoxy) is 1. The SMILES string of the molecule is CC1COCC(CC(=O)c2ccccc2C(F)(F)F)N1. The molecule has 1 aliphatic heterocycles. The van der Waals surface area contributed by atoms with E-state index in [-0.39, 0.29) is 24.1 Å². The maximum atomic E-state index is 12.9. The monoisotopic (exact) mass is 287 g/mol. The van der Waals surface area contributed by atoms with Crippen LogP contribution in [0.15, 0.2) is 24.3 Å². The van der Waals surface area contributed by atoms with Crippen LogP contribution in [0.4, 0.5) is 13.2 Å². The first-order valence-electron chi connectivity index (χ1n) is 6.41. The summed E-state index contributed by atoms with van der Waals surface area (Å²) in [6, 6.07) is 4.73. The fourth-order valence-electron chi connectivity index (χ4n) is 2.31. The highest BCUT2D eigenvalue weighted by atomic mass is 19.4. The first-order chi connectivity index (χ1) is 9.38. The summed E-state index contributed by atoms with van der Waals surface area (Å²) in [5.41, 5.74) is -1.16. The second-order valence-electron chi connectivity index (χ2n) is 4.97. The van der Waals surface area contributed by atoms with E-state index < -0.39 is 17.5 Å². The van der Waals surface area contributed by atoms with Crippen molar-refractivity contribution in [3.05, 3.63) is 35.4 Å². The number of nitrogens with one attached hydrogen (secondary N) is 1. The van der Waals surface area contributed by atoms with Crippen LogP contribution in [-0.4, -0.2) is 31.1 Å². The van der Waals surface area contributed by atoms with Crippen LogP contribution in [-0.2, 0) is 10.9 Å². The topological polar surface area (TPSA) is 38.3 Å². The summed E-state index contributed by atoms with van der Waals surface area (Å²) in [7, 11) is 0. The summed E-state index contributed by atoms with van der Waals surface area (Å²) in [6.45, 7) is 2.79. The predicted octanol–water partition coefficient (Wildman–Crippen LogP) is 2.66. The number of Topliss-reactive ketones (excluding diaryl/α,β-unsaturated/α-hetero) is 1. The van der Waals surface area contributed by atoms with E-state index in [0.29, 0.717) is 13.2 Å². The quantitative estimate of drug-likeness (QED) is 0.869. The number of rotatable bonds is 3. The van der Waals surface area contributed by atoms with E-state index in [4.69, 9.17) is 4.74 Å². The predicted molar refractivity (Wildman–Crippen MR) is 67.6 cm³/mol. The molecule has 6 heteroatoms. The van der Waals surface area contributed by atoms with Crippen molar-refractivity contribution in [1.29, 1.82) is 0 Å². The minimum Gasteiger partial charge on any atom is -0.378 e. The van der Waals surface area contributed by atoms with Gasteiger partial charge >= 0.3 is 6.18 Å². The highest BCUT2D eigenvalue weighted by Gasteiger charge is 2.35. The molecule has 20 heavy (non-hydrogen) atoms. The Morgan fingerprint density at radius 1 is 1.35 bits per heavy atom. The van der Waals surface area contributed by atoms with Crippen LogP contribution >= 0.6 is 0 Å². The third-order valence-corrected chi connectivity index (χ3v) is 3.17. The van der Waals surface area contributed by atoms with Crippen LogP contribution < -0.4 is 5.32 Å². The van der Waals surface area contributed by atoms with E-state index in [1.165, 1.54) is 18.2 Å². The molecule has 2 rings (SSSR count). The van der Waals surface area contributed by atoms with Crippen LogP contribution in [0.3, 0.4) is 0 Å². The van der Waals surface area contributed by atoms with Gasteiger partial charge in [-0.3, -0.25) is 4.79 Å². The van der Waals surface area contributed by atoms with Gasteiger partial charge in [0.25, 0.3) is 0 Å². The average Bonchev–Trinajstić information content (AvgIpc) is 2.37. The zero-order valence-electron chi connectivity index (χ0n) is 11.0. The second-order valence-corrected chi connectivity index (χ2v) is 4.97. The number of halogens is 3. The molecule has 1 N–H and O–H groups in total. The molecule has 1 aromatic carbocycles. The van der Waals surface area contributed by atoms with E-state index in [1.807, 2.05) is 6.92 Å². The molecule has 1 heterocycles. The van der Waals surface area contributed by atoms with Crippen molar-refractivity contribution >= 4 is 5.78 Å². The second kappa shape index (κ2) is 5.93. The summed E-state index contributed by atoms with van der Waals surface area (Å²) in [6.07, 6.45) is -4.52. The molecule has 1 aliphatic rings. The molecule has 0 saturated carbocycles. The molecule has 0 aliphatic carbocycles. The minimum absolute atomic E-state index is 0.00255. The first kappa shape index (κ1) is 15.0. The number of hydrogen-bond donors (Lipinski definition) is 1. The molecule has 1 saturated heterocycles. The van der Waals surface area contributed by atoms with Gasteiger partial charge in [0.2, 0.25) is 0 Å². The van der Waals surface area contributed by atoms with Gasteiger partial charge in [-0.15, -0.1) is 0 Å². The fourth-order valence-corrected chi connectivity index (χ4v) is 2.31. The molecular weight excluding hydrogens is 271 g/mol. The van der Waals surface area contributed by atoms with Crippen molar-refractivity contribution in [1.82, 2.24) is 5.32 Å². The molecule has 110 valence electrons. The lowest BCUT2D eigenvalue weighted by Crippen LogP contribution is -2.48. The number of carbonyl (C=O) groups is 1. The summed E-state index contributed by atoms with van der Waals surface area (Å²) in [5.74, 6) is -0.520. The van der Waals surface area contributed by atoms with Gasteiger partial charge in [-0.2, -0.15) is 13.2 Å². The van der Waals surface area contributed by atoms with Gasteiger partial charge < -0.3 is 10.1 Å². The van der Waals surface area contributed by atoms with E-state index in [0.717, 1.165) is 6.07 Å². The van der Waals surface area contributed by atoms with Crippen molar-refractivity contribution < 1.29 is 22.7 Å². The molecule has 2 atom stereocenters. The van der Waals surface area contributed by atoms with Crippen molar-refractivity contribution in [2.24, 2.45) is 0 Å². The van der Waals surface area contributed by atoms with Crippen molar-refractivity contribution in [3.63, 3.8) is 0 Å². The Morgan fingerprint density at radius 2 is 2.05 bits per heavy atom. The number of carbonyl (C=O) groups excluding carboxylic acids is 1. The Hall–Kier alpha value is -1.40. The number of hydrogen-bond acceptors (Lipinski definition) is 3. The van der Waals surface area contributed by atoms with Gasteiger partial charge in [0.1, 0.15) is 0 Å². The van der Waals surface area contributed by atoms with Crippen LogP contribution in [0.25, 0.3) is 0 Å². The average molecular weight is 287 g/mol. The van der Waals surface area contributed by atoms with Crippen LogP contribution in [0.2, 0.25) is 0 Å². The third kappa shape index (κ3) is 3.58. The molecule has 0 amide bonds. The highest BCUT2D eigenvalue weighted by molar-refractivity contribution is 5.98. The number of morpholine rings is 1. The zero-order valence-corrected chi connectivity index (χ0v) is 11.0. The lowest BCUT2D eigenvalue weighted by Gasteiger charge is -2.28. The van der Waals surface area contributed by atoms with Crippen molar-refractivity contribution in [2.45, 2.75) is 31.6 Å². The van der Waals surface area contributed by atoms with Gasteiger partial charge in [0.15, 0.2) is 5.78 Å². The van der Waals surface area contributed by atoms with Crippen LogP contribution in [0.1, 0.15) is 29.3 Å². The summed E-state index contributed by atoms with van der Waals surface area (Å²) in [5, 5.41) is 3.15. The fraction of sp³-hybridized carbons (Fsp3) is 0.500. The van der Waals surface area contributed by atoms with Crippen molar-refractivity contribution in [3.8, 4) is 0 Å². The lowest BCUT2D eigenvalue weighted by atomic mass is 9.98. The maximum absolute atomic E-state index is 12.9. The number of ketones is 1. The zero-order chi connectivity index (χ0) is 14.8. The lowest BCUT2D eigenvalue weighted by molar-refractivity contribution is -0.137. The molecule has 0 aromatic heterocycles. The molecular formula is C14H16F3NO2. The standard InChI is InChI=1S/C14H16F3NO2/c1-9-7-20-8-10(18-9)6-13(19)11-4-2-3-5-12(11)14(15,16)17/h2-5,9-10,18H,6-8H2,1H3. The molecule has 0 radical (unpaired) electrons. The highest BCUT2D eigenvalue weighted by Crippen LogP contribution is 2.32. The van der Waals surface area contributed by atoms with Gasteiger partial charge in [-0.25, -0.2) is 0 Å². The van der Waals surface area contributed by atoms with Crippen LogP contribution in [0.5, 0.6) is 0 Å². The van der Waals surface area contributed by atoms with Crippen molar-refractivity contribution in [2.75, 3.05) is 13.2 Å². The van der Waals surface area contributed by atoms with E-state index in [9.17, 15) is 18.0 Å². The normalized spacial score (nSPS) is 23.6. The Balaban J connectivity index is 2.13. The minimum atomic E-state index is -4.52. The molecule has 1 fully saturated rings. The summed E-state index contributed by atoms with van der Waals surface area (Å²) < 4.78 is 43.9. The maximum Gasteiger partial charge on any atom is 0.417 e. The molecule has 0 bridgehead atoms. The third-order valence-electron chi connectivity index (χ3n) is 3.17. The Labute approximate surface area is 115 Å². The smallest absolute Gasteiger partial charge is 0.378 e. The van der Waals surface area contributed by atoms with E-state index in [1.54, 1.807) is 0 Å². The van der Waals surface area contributed by atoms with Gasteiger partial charge in [-0.1, -0.05) is 18.2 Å². The summed E-state index contributed by atoms with van der Waals surface area (Å²) >= 11 is 0. The van der Waals surface area contributed by atoms with Gasteiger partial charge in [0.05, 0.1) is 18.8 Å². The number of benzene rings is 1. The largest absolute Gasteiger partial charge is 0.417 e. The Kier molecular flexibility index (Phi) is 4.45. The first-order valence-corrected chi connectivity index (χ1v) is 6.41. The van der Waals surface area contributed by atoms with E-state index in [2.05, 4.69) is 5.32 Å². The van der Waals surface area contributed by atoms with Gasteiger partial charge in [-0.05, 0) is 13.0 Å². The molecule has 1 aromatic rings. The number of alkyl halides is 3.